The van der Waals surface area contributed by atoms with E-state index in [9.17, 15) is 19.5 Å². The SMILES string of the molecule is CC[C@@]12/C=C\CCCOC(=O)[C@@H]1[C@H]1C(=O)N(CCCCCCO)C3C(=O)N(c4ccc5ccccc5c4)CC=C[C@@]31O2. The van der Waals surface area contributed by atoms with Gasteiger partial charge in [0.05, 0.1) is 12.5 Å². The lowest BCUT2D eigenvalue weighted by molar-refractivity contribution is -0.159. The molecule has 0 saturated carbocycles. The third kappa shape index (κ3) is 4.65. The number of fused-ring (bicyclic) bond motifs is 3. The van der Waals surface area contributed by atoms with Gasteiger partial charge in [-0.1, -0.05) is 74.4 Å². The molecule has 2 saturated heterocycles. The molecule has 5 atom stereocenters. The Bertz CT molecular complexity index is 1420. The summed E-state index contributed by atoms with van der Waals surface area (Å²) in [6.07, 6.45) is 12.7. The molecule has 8 nitrogen and oxygen atoms in total. The van der Waals surface area contributed by atoms with Crippen LogP contribution in [0.1, 0.15) is 51.9 Å². The predicted molar refractivity (Wildman–Crippen MR) is 160 cm³/mol. The summed E-state index contributed by atoms with van der Waals surface area (Å²) in [6, 6.07) is 13.1. The Morgan fingerprint density at radius 1 is 0.929 bits per heavy atom. The molecule has 0 radical (unpaired) electrons. The molecule has 0 aromatic heterocycles. The van der Waals surface area contributed by atoms with E-state index in [0.717, 1.165) is 35.7 Å². The topological polar surface area (TPSA) is 96.4 Å². The average molecular weight is 573 g/mol. The number of carbonyl (C=O) groups is 3. The zero-order valence-corrected chi connectivity index (χ0v) is 24.2. The van der Waals surface area contributed by atoms with Crippen molar-refractivity contribution in [2.45, 2.75) is 69.1 Å². The van der Waals surface area contributed by atoms with E-state index in [1.54, 1.807) is 9.80 Å². The standard InChI is InChI=1S/C34H40N2O6/c1-2-33-17-8-5-11-22-41-32(40)28(33)27-30(38)36(19-9-3-4-10-21-37)29-31(39)35(20-12-18-34(27,29)42-33)26-16-15-24-13-6-7-14-25(24)23-26/h6-8,12-18,23,27-29,37H,2-5,9-11,19-22H2,1H3/b17-8-/t27-,28-,29?,33+,34-/m0/s1. The number of allylic oxidation sites excluding steroid dienone is 1. The van der Waals surface area contributed by atoms with Crippen molar-refractivity contribution in [2.24, 2.45) is 11.8 Å². The van der Waals surface area contributed by atoms with Gasteiger partial charge >= 0.3 is 5.97 Å². The minimum atomic E-state index is -1.30. The van der Waals surface area contributed by atoms with Gasteiger partial charge in [0.2, 0.25) is 5.91 Å². The number of unbranched alkanes of at least 4 members (excludes halogenated alkanes) is 3. The molecule has 6 rings (SSSR count). The van der Waals surface area contributed by atoms with Crippen LogP contribution in [0.5, 0.6) is 0 Å². The van der Waals surface area contributed by atoms with Crippen molar-refractivity contribution in [3.8, 4) is 0 Å². The summed E-state index contributed by atoms with van der Waals surface area (Å²) in [5.74, 6) is -2.59. The van der Waals surface area contributed by atoms with E-state index in [-0.39, 0.29) is 25.0 Å². The first-order valence-corrected chi connectivity index (χ1v) is 15.4. The highest BCUT2D eigenvalue weighted by molar-refractivity contribution is 6.06. The van der Waals surface area contributed by atoms with Crippen LogP contribution in [-0.4, -0.2) is 71.3 Å². The van der Waals surface area contributed by atoms with Crippen molar-refractivity contribution < 1.29 is 29.0 Å². The summed E-state index contributed by atoms with van der Waals surface area (Å²) in [6.45, 7) is 3.08. The molecule has 4 aliphatic rings. The van der Waals surface area contributed by atoms with Crippen LogP contribution in [0.4, 0.5) is 5.69 Å². The van der Waals surface area contributed by atoms with Crippen molar-refractivity contribution in [1.82, 2.24) is 4.90 Å². The number of aliphatic hydroxyl groups excluding tert-OH is 1. The smallest absolute Gasteiger partial charge is 0.313 e. The monoisotopic (exact) mass is 572 g/mol. The molecule has 8 heteroatoms. The number of likely N-dealkylation sites (tertiary alicyclic amines) is 1. The van der Waals surface area contributed by atoms with Crippen LogP contribution in [0.2, 0.25) is 0 Å². The Balaban J connectivity index is 1.43. The fraction of sp³-hybridized carbons (Fsp3) is 0.500. The van der Waals surface area contributed by atoms with Crippen LogP contribution in [-0.2, 0) is 23.9 Å². The molecular formula is C34H40N2O6. The maximum absolute atomic E-state index is 14.7. The van der Waals surface area contributed by atoms with Crippen LogP contribution in [0, 0.1) is 11.8 Å². The largest absolute Gasteiger partial charge is 0.465 e. The molecular weight excluding hydrogens is 532 g/mol. The lowest BCUT2D eigenvalue weighted by atomic mass is 9.73. The lowest BCUT2D eigenvalue weighted by Gasteiger charge is -2.38. The molecule has 1 unspecified atom stereocenters. The number of amides is 2. The fourth-order valence-electron chi connectivity index (χ4n) is 7.44. The second-order valence-electron chi connectivity index (χ2n) is 11.9. The maximum atomic E-state index is 14.7. The number of rotatable bonds is 8. The van der Waals surface area contributed by atoms with Crippen molar-refractivity contribution in [2.75, 3.05) is 31.2 Å². The molecule has 2 aromatic rings. The number of aliphatic hydroxyl groups is 1. The predicted octanol–water partition coefficient (Wildman–Crippen LogP) is 4.55. The first kappa shape index (κ1) is 28.6. The van der Waals surface area contributed by atoms with Gasteiger partial charge < -0.3 is 24.4 Å². The average Bonchev–Trinajstić information content (AvgIpc) is 3.38. The quantitative estimate of drug-likeness (QED) is 0.283. The normalized spacial score (nSPS) is 31.6. The van der Waals surface area contributed by atoms with Gasteiger partial charge in [0.1, 0.15) is 23.2 Å². The Morgan fingerprint density at radius 3 is 2.55 bits per heavy atom. The van der Waals surface area contributed by atoms with E-state index < -0.39 is 35.0 Å². The first-order chi connectivity index (χ1) is 20.5. The van der Waals surface area contributed by atoms with Gasteiger partial charge in [-0.2, -0.15) is 0 Å². The molecule has 0 aliphatic carbocycles. The van der Waals surface area contributed by atoms with Crippen LogP contribution >= 0.6 is 0 Å². The summed E-state index contributed by atoms with van der Waals surface area (Å²) in [4.78, 5) is 46.3. The molecule has 4 aliphatic heterocycles. The Morgan fingerprint density at radius 2 is 1.74 bits per heavy atom. The summed E-state index contributed by atoms with van der Waals surface area (Å²) in [7, 11) is 0. The molecule has 1 spiro atoms. The van der Waals surface area contributed by atoms with Crippen molar-refractivity contribution in [3.05, 3.63) is 66.8 Å². The van der Waals surface area contributed by atoms with E-state index in [1.165, 1.54) is 0 Å². The van der Waals surface area contributed by atoms with Crippen LogP contribution in [0.25, 0.3) is 10.8 Å². The van der Waals surface area contributed by atoms with Crippen LogP contribution in [0.15, 0.2) is 66.8 Å². The third-order valence-electron chi connectivity index (χ3n) is 9.48. The second-order valence-corrected chi connectivity index (χ2v) is 11.9. The minimum Gasteiger partial charge on any atom is -0.465 e. The molecule has 4 heterocycles. The van der Waals surface area contributed by atoms with Gasteiger partial charge in [-0.3, -0.25) is 14.4 Å². The third-order valence-corrected chi connectivity index (χ3v) is 9.48. The molecule has 0 bridgehead atoms. The van der Waals surface area contributed by atoms with E-state index in [0.29, 0.717) is 38.8 Å². The molecule has 222 valence electrons. The lowest BCUT2D eigenvalue weighted by Crippen LogP contribution is -2.56. The van der Waals surface area contributed by atoms with Gasteiger partial charge in [0.25, 0.3) is 5.91 Å². The van der Waals surface area contributed by atoms with Crippen molar-refractivity contribution >= 4 is 34.2 Å². The number of anilines is 1. The number of esters is 1. The van der Waals surface area contributed by atoms with E-state index in [4.69, 9.17) is 9.47 Å². The minimum absolute atomic E-state index is 0.130. The van der Waals surface area contributed by atoms with E-state index in [2.05, 4.69) is 0 Å². The number of hydrogen-bond donors (Lipinski definition) is 1. The molecule has 2 aromatic carbocycles. The number of cyclic esters (lactones) is 1. The van der Waals surface area contributed by atoms with Crippen LogP contribution in [0.3, 0.4) is 0 Å². The van der Waals surface area contributed by atoms with Gasteiger partial charge in [-0.05, 0) is 55.0 Å². The van der Waals surface area contributed by atoms with Gasteiger partial charge in [-0.15, -0.1) is 0 Å². The fourth-order valence-corrected chi connectivity index (χ4v) is 7.44. The summed E-state index contributed by atoms with van der Waals surface area (Å²) >= 11 is 0. The van der Waals surface area contributed by atoms with E-state index in [1.807, 2.05) is 73.7 Å². The number of nitrogens with zero attached hydrogens (tertiary/aromatic N) is 2. The number of carbonyl (C=O) groups excluding carboxylic acids is 3. The van der Waals surface area contributed by atoms with E-state index >= 15 is 0 Å². The highest BCUT2D eigenvalue weighted by Gasteiger charge is 2.75. The molecule has 42 heavy (non-hydrogen) atoms. The summed E-state index contributed by atoms with van der Waals surface area (Å²) < 4.78 is 12.7. The number of hydrogen-bond acceptors (Lipinski definition) is 6. The van der Waals surface area contributed by atoms with Gasteiger partial charge in [0, 0.05) is 25.4 Å². The molecule has 2 fully saturated rings. The Kier molecular flexibility index (Phi) is 7.94. The number of benzene rings is 2. The molecule has 2 amide bonds. The number of ether oxygens (including phenoxy) is 2. The zero-order chi connectivity index (χ0) is 29.3. The summed E-state index contributed by atoms with van der Waals surface area (Å²) in [5, 5.41) is 11.3. The van der Waals surface area contributed by atoms with Crippen molar-refractivity contribution in [1.29, 1.82) is 0 Å². The Hall–Kier alpha value is -3.49. The van der Waals surface area contributed by atoms with Gasteiger partial charge in [-0.25, -0.2) is 0 Å². The zero-order valence-electron chi connectivity index (χ0n) is 24.2. The highest BCUT2D eigenvalue weighted by atomic mass is 16.6. The highest BCUT2D eigenvalue weighted by Crippen LogP contribution is 2.58. The Labute approximate surface area is 246 Å². The second kappa shape index (κ2) is 11.7. The molecule has 1 N–H and O–H groups in total. The van der Waals surface area contributed by atoms with Crippen molar-refractivity contribution in [3.63, 3.8) is 0 Å². The maximum Gasteiger partial charge on any atom is 0.313 e. The summed E-state index contributed by atoms with van der Waals surface area (Å²) in [5.41, 5.74) is -1.59. The first-order valence-electron chi connectivity index (χ1n) is 15.4. The van der Waals surface area contributed by atoms with Crippen LogP contribution < -0.4 is 4.90 Å². The van der Waals surface area contributed by atoms with Gasteiger partial charge in [0.15, 0.2) is 0 Å².